The molecule has 1 aliphatic rings. The van der Waals surface area contributed by atoms with E-state index in [-0.39, 0.29) is 0 Å². The molecule has 1 N–H and O–H groups in total. The van der Waals surface area contributed by atoms with Crippen LogP contribution in [0, 0.1) is 29.6 Å². The van der Waals surface area contributed by atoms with Gasteiger partial charge in [-0.1, -0.05) is 12.1 Å². The van der Waals surface area contributed by atoms with Gasteiger partial charge in [0.1, 0.15) is 6.07 Å². The monoisotopic (exact) mass is 254 g/mol. The first-order valence-electron chi connectivity index (χ1n) is 6.60. The molecule has 1 heterocycles. The van der Waals surface area contributed by atoms with Crippen LogP contribution in [0.2, 0.25) is 0 Å². The van der Waals surface area contributed by atoms with Crippen LogP contribution in [0.1, 0.15) is 24.0 Å². The molecular formula is C15H18N4. The average molecular weight is 254 g/mol. The molecule has 2 rings (SSSR count). The van der Waals surface area contributed by atoms with Crippen molar-refractivity contribution in [2.45, 2.75) is 25.8 Å². The van der Waals surface area contributed by atoms with Gasteiger partial charge >= 0.3 is 0 Å². The highest BCUT2D eigenvalue weighted by Crippen LogP contribution is 2.23. The van der Waals surface area contributed by atoms with Crippen LogP contribution in [0.15, 0.2) is 18.2 Å². The number of aryl methyl sites for hydroxylation is 1. The van der Waals surface area contributed by atoms with Crippen molar-refractivity contribution in [1.29, 1.82) is 10.5 Å². The first-order valence-corrected chi connectivity index (χ1v) is 6.60. The quantitative estimate of drug-likeness (QED) is 0.840. The van der Waals surface area contributed by atoms with E-state index in [9.17, 15) is 0 Å². The molecule has 19 heavy (non-hydrogen) atoms. The zero-order chi connectivity index (χ0) is 13.7. The number of nitrogens with zero attached hydrogens (tertiary/aromatic N) is 3. The second-order valence-electron chi connectivity index (χ2n) is 4.96. The van der Waals surface area contributed by atoms with Gasteiger partial charge in [-0.25, -0.2) is 0 Å². The predicted octanol–water partition coefficient (Wildman–Crippen LogP) is 2.27. The fourth-order valence-corrected chi connectivity index (χ4v) is 2.49. The van der Waals surface area contributed by atoms with E-state index in [1.54, 1.807) is 0 Å². The summed E-state index contributed by atoms with van der Waals surface area (Å²) in [6, 6.07) is 10.6. The summed E-state index contributed by atoms with van der Waals surface area (Å²) in [6.07, 6.45) is 2.03. The topological polar surface area (TPSA) is 62.9 Å². The van der Waals surface area contributed by atoms with Crippen LogP contribution < -0.4 is 5.32 Å². The number of para-hydroxylation sites is 1. The number of likely N-dealkylation sites (tertiary alicyclic amines) is 1. The SMILES string of the molecule is Cc1cccc(C#N)c1NC1CCN(CC#N)CC1. The van der Waals surface area contributed by atoms with Crippen molar-refractivity contribution >= 4 is 5.69 Å². The highest BCUT2D eigenvalue weighted by molar-refractivity contribution is 5.62. The number of nitriles is 2. The van der Waals surface area contributed by atoms with Gasteiger partial charge in [0.05, 0.1) is 23.9 Å². The number of hydrogen-bond acceptors (Lipinski definition) is 4. The summed E-state index contributed by atoms with van der Waals surface area (Å²) in [5.74, 6) is 0. The number of piperidine rings is 1. The highest BCUT2D eigenvalue weighted by Gasteiger charge is 2.19. The molecule has 4 nitrogen and oxygen atoms in total. The van der Waals surface area contributed by atoms with E-state index in [1.807, 2.05) is 25.1 Å². The fraction of sp³-hybridized carbons (Fsp3) is 0.467. The molecule has 0 aromatic heterocycles. The number of anilines is 1. The molecule has 0 amide bonds. The normalized spacial score (nSPS) is 16.6. The summed E-state index contributed by atoms with van der Waals surface area (Å²) in [5.41, 5.74) is 2.78. The van der Waals surface area contributed by atoms with Gasteiger partial charge in [0.2, 0.25) is 0 Å². The van der Waals surface area contributed by atoms with Gasteiger partial charge < -0.3 is 5.32 Å². The Balaban J connectivity index is 2.00. The molecule has 0 saturated carbocycles. The van der Waals surface area contributed by atoms with Gasteiger partial charge in [-0.15, -0.1) is 0 Å². The summed E-state index contributed by atoms with van der Waals surface area (Å²) in [4.78, 5) is 2.17. The largest absolute Gasteiger partial charge is 0.381 e. The van der Waals surface area contributed by atoms with Crippen LogP contribution in [0.4, 0.5) is 5.69 Å². The lowest BCUT2D eigenvalue weighted by atomic mass is 10.0. The number of benzene rings is 1. The summed E-state index contributed by atoms with van der Waals surface area (Å²) in [7, 11) is 0. The average Bonchev–Trinajstić information content (AvgIpc) is 2.43. The van der Waals surface area contributed by atoms with Crippen LogP contribution in [-0.4, -0.2) is 30.6 Å². The molecule has 0 radical (unpaired) electrons. The zero-order valence-corrected chi connectivity index (χ0v) is 11.2. The Kier molecular flexibility index (Phi) is 4.39. The zero-order valence-electron chi connectivity index (χ0n) is 11.2. The van der Waals surface area contributed by atoms with E-state index in [2.05, 4.69) is 22.4 Å². The van der Waals surface area contributed by atoms with Crippen molar-refractivity contribution in [3.05, 3.63) is 29.3 Å². The Morgan fingerprint density at radius 3 is 2.68 bits per heavy atom. The van der Waals surface area contributed by atoms with Crippen LogP contribution in [-0.2, 0) is 0 Å². The van der Waals surface area contributed by atoms with Crippen molar-refractivity contribution < 1.29 is 0 Å². The maximum absolute atomic E-state index is 9.15. The number of nitrogens with one attached hydrogen (secondary N) is 1. The van der Waals surface area contributed by atoms with Gasteiger partial charge in [-0.3, -0.25) is 4.90 Å². The van der Waals surface area contributed by atoms with Gasteiger partial charge in [-0.05, 0) is 31.4 Å². The van der Waals surface area contributed by atoms with E-state index in [1.165, 1.54) is 0 Å². The molecule has 4 heteroatoms. The van der Waals surface area contributed by atoms with Gasteiger partial charge in [0.15, 0.2) is 0 Å². The summed E-state index contributed by atoms with van der Waals surface area (Å²) in [6.45, 7) is 4.42. The smallest absolute Gasteiger partial charge is 0.101 e. The first-order chi connectivity index (χ1) is 9.24. The maximum Gasteiger partial charge on any atom is 0.101 e. The molecule has 0 spiro atoms. The molecular weight excluding hydrogens is 236 g/mol. The van der Waals surface area contributed by atoms with E-state index in [0.717, 1.165) is 37.2 Å². The number of rotatable bonds is 3. The Bertz CT molecular complexity index is 516. The summed E-state index contributed by atoms with van der Waals surface area (Å²) in [5, 5.41) is 21.3. The molecule has 98 valence electrons. The Morgan fingerprint density at radius 2 is 2.05 bits per heavy atom. The summed E-state index contributed by atoms with van der Waals surface area (Å²) < 4.78 is 0. The lowest BCUT2D eigenvalue weighted by molar-refractivity contribution is 0.242. The van der Waals surface area contributed by atoms with E-state index >= 15 is 0 Å². The minimum Gasteiger partial charge on any atom is -0.381 e. The van der Waals surface area contributed by atoms with Crippen LogP contribution in [0.3, 0.4) is 0 Å². The van der Waals surface area contributed by atoms with E-state index in [0.29, 0.717) is 18.2 Å². The van der Waals surface area contributed by atoms with Crippen molar-refractivity contribution in [1.82, 2.24) is 4.90 Å². The van der Waals surface area contributed by atoms with E-state index < -0.39 is 0 Å². The molecule has 0 unspecified atom stereocenters. The minimum atomic E-state index is 0.392. The van der Waals surface area contributed by atoms with Crippen LogP contribution >= 0.6 is 0 Å². The molecule has 1 aliphatic heterocycles. The second kappa shape index (κ2) is 6.22. The lowest BCUT2D eigenvalue weighted by Crippen LogP contribution is -2.39. The molecule has 1 saturated heterocycles. The first kappa shape index (κ1) is 13.4. The predicted molar refractivity (Wildman–Crippen MR) is 74.6 cm³/mol. The summed E-state index contributed by atoms with van der Waals surface area (Å²) >= 11 is 0. The van der Waals surface area contributed by atoms with Crippen LogP contribution in [0.25, 0.3) is 0 Å². The lowest BCUT2D eigenvalue weighted by Gasteiger charge is -2.31. The molecule has 1 aromatic rings. The van der Waals surface area contributed by atoms with Crippen molar-refractivity contribution in [3.8, 4) is 12.1 Å². The van der Waals surface area contributed by atoms with Gasteiger partial charge in [0.25, 0.3) is 0 Å². The maximum atomic E-state index is 9.15. The molecule has 1 aromatic carbocycles. The third-order valence-electron chi connectivity index (χ3n) is 3.62. The van der Waals surface area contributed by atoms with Crippen LogP contribution in [0.5, 0.6) is 0 Å². The van der Waals surface area contributed by atoms with E-state index in [4.69, 9.17) is 10.5 Å². The molecule has 0 bridgehead atoms. The van der Waals surface area contributed by atoms with Crippen molar-refractivity contribution in [3.63, 3.8) is 0 Å². The second-order valence-corrected chi connectivity index (χ2v) is 4.96. The van der Waals surface area contributed by atoms with Gasteiger partial charge in [-0.2, -0.15) is 10.5 Å². The van der Waals surface area contributed by atoms with Gasteiger partial charge in [0, 0.05) is 19.1 Å². The standard InChI is InChI=1S/C15H18N4/c1-12-3-2-4-13(11-17)15(12)18-14-5-8-19(9-6-14)10-7-16/h2-4,14,18H,5-6,8-10H2,1H3. The minimum absolute atomic E-state index is 0.392. The Morgan fingerprint density at radius 1 is 1.32 bits per heavy atom. The molecule has 1 fully saturated rings. The van der Waals surface area contributed by atoms with Crippen molar-refractivity contribution in [2.75, 3.05) is 25.0 Å². The number of hydrogen-bond donors (Lipinski definition) is 1. The fourth-order valence-electron chi connectivity index (χ4n) is 2.49. The Hall–Kier alpha value is -2.04. The third-order valence-corrected chi connectivity index (χ3v) is 3.62. The third kappa shape index (κ3) is 3.24. The highest BCUT2D eigenvalue weighted by atomic mass is 15.1. The molecule has 0 aliphatic carbocycles. The van der Waals surface area contributed by atoms with Crippen molar-refractivity contribution in [2.24, 2.45) is 0 Å². The molecule has 0 atom stereocenters. The Labute approximate surface area is 114 Å².